The van der Waals surface area contributed by atoms with Gasteiger partial charge >= 0.3 is 6.09 Å². The molecule has 1 aliphatic rings. The van der Waals surface area contributed by atoms with E-state index in [0.717, 1.165) is 11.1 Å². The third-order valence-corrected chi connectivity index (χ3v) is 4.56. The lowest BCUT2D eigenvalue weighted by Crippen LogP contribution is -2.48. The standard InChI is InChI=1S/C19H23NO4/c1-4-11-24-18(23)20-17(15-8-5-7-13(2)12-15)19(14(3)21)10-6-9-16(19)22/h4-5,7-8,12,17H,1,6,9-11H2,2-3H3,(H,20,23)/t17-,19-/m0/s1. The number of hydrogen-bond acceptors (Lipinski definition) is 4. The molecule has 0 spiro atoms. The first-order chi connectivity index (χ1) is 11.4. The van der Waals surface area contributed by atoms with Crippen molar-refractivity contribution in [1.29, 1.82) is 0 Å². The second-order valence-corrected chi connectivity index (χ2v) is 6.18. The minimum Gasteiger partial charge on any atom is -0.445 e. The van der Waals surface area contributed by atoms with E-state index < -0.39 is 17.6 Å². The molecule has 1 aliphatic carbocycles. The number of ether oxygens (including phenoxy) is 1. The molecule has 5 heteroatoms. The average molecular weight is 329 g/mol. The minimum absolute atomic E-state index is 0.0629. The van der Waals surface area contributed by atoms with Crippen molar-refractivity contribution < 1.29 is 19.1 Å². The first-order valence-corrected chi connectivity index (χ1v) is 8.07. The van der Waals surface area contributed by atoms with Gasteiger partial charge in [-0.05, 0) is 32.3 Å². The first-order valence-electron chi connectivity index (χ1n) is 8.07. The number of Topliss-reactive ketones (excluding diaryl/α,β-unsaturated/α-hetero) is 2. The van der Waals surface area contributed by atoms with Gasteiger partial charge in [0.1, 0.15) is 23.6 Å². The van der Waals surface area contributed by atoms with Gasteiger partial charge in [-0.15, -0.1) is 0 Å². The summed E-state index contributed by atoms with van der Waals surface area (Å²) in [7, 11) is 0. The predicted molar refractivity (Wildman–Crippen MR) is 90.6 cm³/mol. The lowest BCUT2D eigenvalue weighted by molar-refractivity contribution is -0.139. The van der Waals surface area contributed by atoms with Gasteiger partial charge in [-0.1, -0.05) is 42.5 Å². The number of ketones is 2. The molecule has 0 aliphatic heterocycles. The van der Waals surface area contributed by atoms with Crippen molar-refractivity contribution >= 4 is 17.7 Å². The number of amides is 1. The highest BCUT2D eigenvalue weighted by Gasteiger charge is 2.53. The highest BCUT2D eigenvalue weighted by Crippen LogP contribution is 2.46. The maximum absolute atomic E-state index is 12.6. The van der Waals surface area contributed by atoms with Crippen LogP contribution in [0, 0.1) is 12.3 Å². The summed E-state index contributed by atoms with van der Waals surface area (Å²) in [5.41, 5.74) is 0.500. The zero-order chi connectivity index (χ0) is 17.7. The van der Waals surface area contributed by atoms with Crippen LogP contribution in [0.2, 0.25) is 0 Å². The molecule has 24 heavy (non-hydrogen) atoms. The van der Waals surface area contributed by atoms with E-state index in [1.54, 1.807) is 0 Å². The summed E-state index contributed by atoms with van der Waals surface area (Å²) < 4.78 is 5.00. The van der Waals surface area contributed by atoms with Crippen LogP contribution in [0.25, 0.3) is 0 Å². The second-order valence-electron chi connectivity index (χ2n) is 6.18. The summed E-state index contributed by atoms with van der Waals surface area (Å²) in [5, 5.41) is 2.74. The molecule has 128 valence electrons. The molecular weight excluding hydrogens is 306 g/mol. The Morgan fingerprint density at radius 1 is 1.46 bits per heavy atom. The smallest absolute Gasteiger partial charge is 0.407 e. The third-order valence-electron chi connectivity index (χ3n) is 4.56. The molecule has 2 rings (SSSR count). The van der Waals surface area contributed by atoms with Crippen molar-refractivity contribution in [3.05, 3.63) is 48.0 Å². The fourth-order valence-corrected chi connectivity index (χ4v) is 3.41. The molecule has 5 nitrogen and oxygen atoms in total. The number of nitrogens with one attached hydrogen (secondary N) is 1. The number of benzene rings is 1. The predicted octanol–water partition coefficient (Wildman–Crippen LogP) is 3.28. The van der Waals surface area contributed by atoms with E-state index >= 15 is 0 Å². The highest BCUT2D eigenvalue weighted by molar-refractivity contribution is 6.08. The van der Waals surface area contributed by atoms with Gasteiger partial charge in [0, 0.05) is 6.42 Å². The Morgan fingerprint density at radius 3 is 2.75 bits per heavy atom. The summed E-state index contributed by atoms with van der Waals surface area (Å²) in [6, 6.07) is 6.74. The number of rotatable bonds is 6. The number of carbonyl (C=O) groups is 3. The van der Waals surface area contributed by atoms with Crippen molar-refractivity contribution in [2.24, 2.45) is 5.41 Å². The molecule has 1 fully saturated rings. The van der Waals surface area contributed by atoms with Crippen molar-refractivity contribution in [2.45, 2.75) is 39.2 Å². The van der Waals surface area contributed by atoms with Crippen LogP contribution in [0.4, 0.5) is 4.79 Å². The maximum atomic E-state index is 12.6. The van der Waals surface area contributed by atoms with Gasteiger partial charge in [0.25, 0.3) is 0 Å². The highest BCUT2D eigenvalue weighted by atomic mass is 16.5. The summed E-state index contributed by atoms with van der Waals surface area (Å²) in [6.07, 6.45) is 2.22. The fourth-order valence-electron chi connectivity index (χ4n) is 3.41. The third kappa shape index (κ3) is 3.40. The van der Waals surface area contributed by atoms with Gasteiger partial charge in [0.05, 0.1) is 6.04 Å². The van der Waals surface area contributed by atoms with Crippen LogP contribution in [-0.2, 0) is 14.3 Å². The Hall–Kier alpha value is -2.43. The summed E-state index contributed by atoms with van der Waals surface area (Å²) >= 11 is 0. The zero-order valence-corrected chi connectivity index (χ0v) is 14.1. The van der Waals surface area contributed by atoms with Crippen LogP contribution < -0.4 is 5.32 Å². The summed E-state index contributed by atoms with van der Waals surface area (Å²) in [5.74, 6) is -0.342. The topological polar surface area (TPSA) is 72.5 Å². The van der Waals surface area contributed by atoms with Crippen LogP contribution in [0.1, 0.15) is 43.4 Å². The van der Waals surface area contributed by atoms with Crippen molar-refractivity contribution in [3.8, 4) is 0 Å². The summed E-state index contributed by atoms with van der Waals surface area (Å²) in [6.45, 7) is 6.91. The quantitative estimate of drug-likeness (QED) is 0.642. The first kappa shape index (κ1) is 17.9. The SMILES string of the molecule is C=CCOC(=O)N[C@@H](c1cccc(C)c1)[C@]1(C(C)=O)CCCC1=O. The average Bonchev–Trinajstić information content (AvgIpc) is 2.93. The molecule has 0 radical (unpaired) electrons. The molecule has 1 amide bonds. The maximum Gasteiger partial charge on any atom is 0.407 e. The van der Waals surface area contributed by atoms with E-state index in [2.05, 4.69) is 11.9 Å². The van der Waals surface area contributed by atoms with Crippen LogP contribution in [0.15, 0.2) is 36.9 Å². The molecule has 1 aromatic carbocycles. The molecular formula is C19H23NO4. The van der Waals surface area contributed by atoms with E-state index in [4.69, 9.17) is 4.74 Å². The Morgan fingerprint density at radius 2 is 2.21 bits per heavy atom. The van der Waals surface area contributed by atoms with Crippen LogP contribution in [-0.4, -0.2) is 24.3 Å². The van der Waals surface area contributed by atoms with Crippen molar-refractivity contribution in [3.63, 3.8) is 0 Å². The molecule has 0 saturated heterocycles. The van der Waals surface area contributed by atoms with Crippen molar-refractivity contribution in [2.75, 3.05) is 6.61 Å². The van der Waals surface area contributed by atoms with Crippen LogP contribution in [0.3, 0.4) is 0 Å². The lowest BCUT2D eigenvalue weighted by Gasteiger charge is -2.34. The van der Waals surface area contributed by atoms with E-state index in [-0.39, 0.29) is 18.2 Å². The van der Waals surface area contributed by atoms with Gasteiger partial charge in [0.15, 0.2) is 0 Å². The molecule has 0 bridgehead atoms. The lowest BCUT2D eigenvalue weighted by atomic mass is 9.71. The number of alkyl carbamates (subject to hydrolysis) is 1. The molecule has 0 unspecified atom stereocenters. The molecule has 0 aromatic heterocycles. The van der Waals surface area contributed by atoms with E-state index in [9.17, 15) is 14.4 Å². The normalized spacial score (nSPS) is 21.2. The Kier molecular flexibility index (Phi) is 5.54. The number of carbonyl (C=O) groups excluding carboxylic acids is 3. The molecule has 1 N–H and O–H groups in total. The van der Waals surface area contributed by atoms with Gasteiger partial charge in [-0.25, -0.2) is 4.79 Å². The van der Waals surface area contributed by atoms with Gasteiger partial charge in [-0.2, -0.15) is 0 Å². The fraction of sp³-hybridized carbons (Fsp3) is 0.421. The van der Waals surface area contributed by atoms with Crippen LogP contribution >= 0.6 is 0 Å². The molecule has 1 aromatic rings. The minimum atomic E-state index is -1.22. The largest absolute Gasteiger partial charge is 0.445 e. The van der Waals surface area contributed by atoms with E-state index in [0.29, 0.717) is 19.3 Å². The van der Waals surface area contributed by atoms with Gasteiger partial charge in [0.2, 0.25) is 0 Å². The van der Waals surface area contributed by atoms with E-state index in [1.807, 2.05) is 31.2 Å². The van der Waals surface area contributed by atoms with E-state index in [1.165, 1.54) is 13.0 Å². The van der Waals surface area contributed by atoms with Crippen molar-refractivity contribution in [1.82, 2.24) is 5.32 Å². The number of aryl methyl sites for hydroxylation is 1. The molecule has 1 saturated carbocycles. The monoisotopic (exact) mass is 329 g/mol. The second kappa shape index (κ2) is 7.43. The van der Waals surface area contributed by atoms with Gasteiger partial charge in [-0.3, -0.25) is 9.59 Å². The molecule has 2 atom stereocenters. The molecule has 0 heterocycles. The summed E-state index contributed by atoms with van der Waals surface area (Å²) in [4.78, 5) is 37.1. The Balaban J connectivity index is 2.45. The Bertz CT molecular complexity index is 667. The number of hydrogen-bond donors (Lipinski definition) is 1. The Labute approximate surface area is 142 Å². The zero-order valence-electron chi connectivity index (χ0n) is 14.1. The van der Waals surface area contributed by atoms with Gasteiger partial charge < -0.3 is 10.1 Å². The van der Waals surface area contributed by atoms with Crippen LogP contribution in [0.5, 0.6) is 0 Å².